The van der Waals surface area contributed by atoms with Gasteiger partial charge < -0.3 is 5.73 Å². The Morgan fingerprint density at radius 2 is 2.15 bits per heavy atom. The Kier molecular flexibility index (Phi) is 3.38. The summed E-state index contributed by atoms with van der Waals surface area (Å²) < 4.78 is 28.4. The van der Waals surface area contributed by atoms with Gasteiger partial charge in [-0.15, -0.1) is 0 Å². The zero-order chi connectivity index (χ0) is 14.9. The van der Waals surface area contributed by atoms with Gasteiger partial charge in [-0.05, 0) is 25.1 Å². The highest BCUT2D eigenvalue weighted by atomic mass is 32.2. The minimum atomic E-state index is -3.85. The summed E-state index contributed by atoms with van der Waals surface area (Å²) in [6.45, 7) is 1.61. The quantitative estimate of drug-likeness (QED) is 0.875. The maximum Gasteiger partial charge on any atom is 0.267 e. The van der Waals surface area contributed by atoms with Crippen LogP contribution in [0.15, 0.2) is 29.2 Å². The van der Waals surface area contributed by atoms with Gasteiger partial charge in [-0.1, -0.05) is 6.07 Å². The van der Waals surface area contributed by atoms with Crippen LogP contribution in [0.2, 0.25) is 0 Å². The third kappa shape index (κ3) is 2.44. The molecule has 0 amide bonds. The lowest BCUT2D eigenvalue weighted by Gasteiger charge is -2.08. The van der Waals surface area contributed by atoms with Crippen molar-refractivity contribution in [1.29, 1.82) is 5.26 Å². The summed E-state index contributed by atoms with van der Waals surface area (Å²) in [6.07, 6.45) is 0. The number of aromatic nitrogens is 2. The number of nitrogen functional groups attached to an aromatic ring is 1. The molecule has 0 fully saturated rings. The van der Waals surface area contributed by atoms with E-state index in [1.807, 2.05) is 6.07 Å². The number of nitrogens with one attached hydrogen (secondary N) is 1. The average Bonchev–Trinajstić information content (AvgIpc) is 2.63. The van der Waals surface area contributed by atoms with Crippen LogP contribution in [0.1, 0.15) is 11.3 Å². The third-order valence-electron chi connectivity index (χ3n) is 2.82. The van der Waals surface area contributed by atoms with E-state index in [2.05, 4.69) is 9.82 Å². The summed E-state index contributed by atoms with van der Waals surface area (Å²) >= 11 is 0. The van der Waals surface area contributed by atoms with E-state index >= 15 is 0 Å². The Balaban J connectivity index is 2.44. The predicted molar refractivity (Wildman–Crippen MR) is 74.3 cm³/mol. The van der Waals surface area contributed by atoms with Crippen molar-refractivity contribution in [2.45, 2.75) is 11.8 Å². The van der Waals surface area contributed by atoms with E-state index in [-0.39, 0.29) is 10.7 Å². The van der Waals surface area contributed by atoms with Crippen molar-refractivity contribution in [2.75, 3.05) is 10.5 Å². The van der Waals surface area contributed by atoms with Crippen molar-refractivity contribution in [2.24, 2.45) is 7.05 Å². The number of aryl methyl sites for hydroxylation is 1. The predicted octanol–water partition coefficient (Wildman–Crippen LogP) is 0.983. The number of hydrogen-bond acceptors (Lipinski definition) is 5. The fraction of sp³-hybridized carbons (Fsp3) is 0.167. The molecule has 1 aromatic carbocycles. The molecule has 1 heterocycles. The molecule has 0 saturated heterocycles. The second kappa shape index (κ2) is 4.86. The molecule has 2 aromatic rings. The smallest absolute Gasteiger partial charge is 0.267 e. The molecule has 0 radical (unpaired) electrons. The molecule has 8 heteroatoms. The molecule has 0 bridgehead atoms. The molecular weight excluding hydrogens is 278 g/mol. The molecule has 3 N–H and O–H groups in total. The van der Waals surface area contributed by atoms with Gasteiger partial charge in [-0.2, -0.15) is 10.4 Å². The van der Waals surface area contributed by atoms with E-state index in [1.165, 1.54) is 10.7 Å². The molecular formula is C12H13N5O2S. The van der Waals surface area contributed by atoms with Gasteiger partial charge in [0.05, 0.1) is 23.0 Å². The Bertz CT molecular complexity index is 802. The molecule has 2 rings (SSSR count). The molecule has 1 aromatic heterocycles. The van der Waals surface area contributed by atoms with Crippen LogP contribution >= 0.6 is 0 Å². The first kappa shape index (κ1) is 13.9. The minimum Gasteiger partial charge on any atom is -0.381 e. The van der Waals surface area contributed by atoms with Gasteiger partial charge in [0, 0.05) is 7.05 Å². The Morgan fingerprint density at radius 3 is 2.70 bits per heavy atom. The normalized spacial score (nSPS) is 11.1. The van der Waals surface area contributed by atoms with Gasteiger partial charge in [0.25, 0.3) is 10.0 Å². The first-order valence-corrected chi connectivity index (χ1v) is 7.15. The summed E-state index contributed by atoms with van der Waals surface area (Å²) in [7, 11) is -2.23. The van der Waals surface area contributed by atoms with Crippen molar-refractivity contribution >= 4 is 21.5 Å². The minimum absolute atomic E-state index is 0.0534. The zero-order valence-electron chi connectivity index (χ0n) is 11.0. The van der Waals surface area contributed by atoms with Gasteiger partial charge in [0.1, 0.15) is 0 Å². The second-order valence-electron chi connectivity index (χ2n) is 4.22. The number of nitrogens with zero attached hydrogens (tertiary/aromatic N) is 3. The molecule has 0 atom stereocenters. The molecule has 7 nitrogen and oxygen atoms in total. The van der Waals surface area contributed by atoms with E-state index < -0.39 is 10.0 Å². The van der Waals surface area contributed by atoms with Gasteiger partial charge in [-0.25, -0.2) is 8.42 Å². The van der Waals surface area contributed by atoms with Crippen LogP contribution < -0.4 is 10.5 Å². The maximum atomic E-state index is 12.3. The SMILES string of the molecule is Cc1c(S(=O)(=O)Nc2cccc(C#N)c2)c(N)nn1C. The molecule has 0 aliphatic rings. The largest absolute Gasteiger partial charge is 0.381 e. The number of rotatable bonds is 3. The Morgan fingerprint density at radius 1 is 1.45 bits per heavy atom. The molecule has 0 spiro atoms. The molecule has 0 aliphatic carbocycles. The number of anilines is 2. The van der Waals surface area contributed by atoms with Gasteiger partial charge in [0.15, 0.2) is 10.7 Å². The fourth-order valence-corrected chi connectivity index (χ4v) is 3.18. The highest BCUT2D eigenvalue weighted by Gasteiger charge is 2.24. The molecule has 104 valence electrons. The van der Waals surface area contributed by atoms with Gasteiger partial charge in [-0.3, -0.25) is 9.40 Å². The number of nitriles is 1. The van der Waals surface area contributed by atoms with E-state index in [9.17, 15) is 8.42 Å². The first-order chi connectivity index (χ1) is 9.35. The van der Waals surface area contributed by atoms with Crippen LogP contribution in [0, 0.1) is 18.3 Å². The van der Waals surface area contributed by atoms with Gasteiger partial charge in [0.2, 0.25) is 0 Å². The summed E-state index contributed by atoms with van der Waals surface area (Å²) in [6, 6.07) is 8.12. The Labute approximate surface area is 116 Å². The molecule has 0 aliphatic heterocycles. The van der Waals surface area contributed by atoms with E-state index in [1.54, 1.807) is 32.2 Å². The fourth-order valence-electron chi connectivity index (χ4n) is 1.80. The summed E-state index contributed by atoms with van der Waals surface area (Å²) in [5.41, 5.74) is 6.73. The van der Waals surface area contributed by atoms with Gasteiger partial charge >= 0.3 is 0 Å². The van der Waals surface area contributed by atoms with E-state index in [0.29, 0.717) is 16.9 Å². The lowest BCUT2D eigenvalue weighted by molar-refractivity contribution is 0.600. The second-order valence-corrected chi connectivity index (χ2v) is 5.84. The topological polar surface area (TPSA) is 114 Å². The van der Waals surface area contributed by atoms with Crippen LogP contribution in [0.4, 0.5) is 11.5 Å². The number of nitrogens with two attached hydrogens (primary N) is 1. The van der Waals surface area contributed by atoms with E-state index in [4.69, 9.17) is 11.0 Å². The summed E-state index contributed by atoms with van der Waals surface area (Å²) in [4.78, 5) is -0.0534. The zero-order valence-corrected chi connectivity index (χ0v) is 11.8. The maximum absolute atomic E-state index is 12.3. The average molecular weight is 291 g/mol. The number of hydrogen-bond donors (Lipinski definition) is 2. The standard InChI is InChI=1S/C12H13N5O2S/c1-8-11(12(14)15-17(8)2)20(18,19)16-10-5-3-4-9(6-10)7-13/h3-6,16H,1-2H3,(H2,14,15). The van der Waals surface area contributed by atoms with Crippen LogP contribution in [0.5, 0.6) is 0 Å². The van der Waals surface area contributed by atoms with Crippen molar-refractivity contribution < 1.29 is 8.42 Å². The monoisotopic (exact) mass is 291 g/mol. The lowest BCUT2D eigenvalue weighted by Crippen LogP contribution is -2.15. The third-order valence-corrected chi connectivity index (χ3v) is 4.36. The van der Waals surface area contributed by atoms with Crippen molar-refractivity contribution in [3.8, 4) is 6.07 Å². The van der Waals surface area contributed by atoms with Crippen LogP contribution in [-0.2, 0) is 17.1 Å². The molecule has 0 unspecified atom stereocenters. The number of sulfonamides is 1. The molecule has 20 heavy (non-hydrogen) atoms. The van der Waals surface area contributed by atoms with Crippen molar-refractivity contribution in [3.63, 3.8) is 0 Å². The van der Waals surface area contributed by atoms with Crippen LogP contribution in [0.3, 0.4) is 0 Å². The summed E-state index contributed by atoms with van der Waals surface area (Å²) in [5, 5.41) is 12.7. The first-order valence-electron chi connectivity index (χ1n) is 5.67. The molecule has 0 saturated carbocycles. The van der Waals surface area contributed by atoms with Crippen molar-refractivity contribution in [3.05, 3.63) is 35.5 Å². The van der Waals surface area contributed by atoms with E-state index in [0.717, 1.165) is 0 Å². The van der Waals surface area contributed by atoms with Crippen molar-refractivity contribution in [1.82, 2.24) is 9.78 Å². The highest BCUT2D eigenvalue weighted by Crippen LogP contribution is 2.24. The summed E-state index contributed by atoms with van der Waals surface area (Å²) in [5.74, 6) is -0.0612. The lowest BCUT2D eigenvalue weighted by atomic mass is 10.2. The number of benzene rings is 1. The Hall–Kier alpha value is -2.53. The van der Waals surface area contributed by atoms with Crippen LogP contribution in [-0.4, -0.2) is 18.2 Å². The van der Waals surface area contributed by atoms with Crippen LogP contribution in [0.25, 0.3) is 0 Å². The highest BCUT2D eigenvalue weighted by molar-refractivity contribution is 7.93.